The number of nitrogens with one attached hydrogen (secondary N) is 1. The lowest BCUT2D eigenvalue weighted by atomic mass is 10.4. The zero-order valence-electron chi connectivity index (χ0n) is 6.41. The summed E-state index contributed by atoms with van der Waals surface area (Å²) in [5, 5.41) is 0. The largest absolute Gasteiger partial charge is 0.413 e. The molecule has 0 atom stereocenters. The van der Waals surface area contributed by atoms with Crippen molar-refractivity contribution >= 4 is 11.6 Å². The van der Waals surface area contributed by atoms with Gasteiger partial charge in [0.1, 0.15) is 0 Å². The Morgan fingerprint density at radius 1 is 1.58 bits per heavy atom. The molecule has 0 saturated carbocycles. The number of rotatable bonds is 4. The van der Waals surface area contributed by atoms with E-state index in [-0.39, 0.29) is 6.54 Å². The molecule has 0 aliphatic rings. The first kappa shape index (κ1) is 11.7. The van der Waals surface area contributed by atoms with Crippen LogP contribution in [-0.2, 0) is 4.84 Å². The maximum atomic E-state index is 11.5. The molecule has 0 unspecified atom stereocenters. The first-order valence-corrected chi connectivity index (χ1v) is 3.56. The van der Waals surface area contributed by atoms with E-state index in [1.54, 1.807) is 6.92 Å². The van der Waals surface area contributed by atoms with Crippen LogP contribution in [0.25, 0.3) is 0 Å². The van der Waals surface area contributed by atoms with Crippen molar-refractivity contribution in [3.8, 4) is 0 Å². The quantitative estimate of drug-likeness (QED) is 0.559. The molecule has 0 radical (unpaired) electrons. The Bertz CT molecular complexity index is 157. The molecule has 0 aliphatic heterocycles. The van der Waals surface area contributed by atoms with Gasteiger partial charge >= 0.3 is 6.18 Å². The van der Waals surface area contributed by atoms with Crippen LogP contribution < -0.4 is 5.48 Å². The molecule has 0 heterocycles. The number of hydrogen-bond acceptors (Lipinski definition) is 2. The molecule has 0 saturated heterocycles. The van der Waals surface area contributed by atoms with E-state index in [1.165, 1.54) is 5.54 Å². The normalized spacial score (nSPS) is 13.6. The Kier molecular flexibility index (Phi) is 5.28. The van der Waals surface area contributed by atoms with Gasteiger partial charge in [0.05, 0.1) is 0 Å². The van der Waals surface area contributed by atoms with E-state index in [2.05, 4.69) is 10.3 Å². The third kappa shape index (κ3) is 7.84. The molecule has 72 valence electrons. The van der Waals surface area contributed by atoms with Crippen LogP contribution in [0, 0.1) is 0 Å². The van der Waals surface area contributed by atoms with E-state index >= 15 is 0 Å². The Morgan fingerprint density at radius 2 is 2.17 bits per heavy atom. The summed E-state index contributed by atoms with van der Waals surface area (Å²) in [6, 6.07) is 0. The average molecular weight is 204 g/mol. The summed E-state index contributed by atoms with van der Waals surface area (Å²) in [6.45, 7) is 0.541. The van der Waals surface area contributed by atoms with Crippen LogP contribution in [-0.4, -0.2) is 19.3 Å². The number of hydroxylamine groups is 1. The molecule has 0 rings (SSSR count). The highest BCUT2D eigenvalue weighted by Gasteiger charge is 2.27. The summed E-state index contributed by atoms with van der Waals surface area (Å²) in [5.41, 5.74) is 4.08. The summed E-state index contributed by atoms with van der Waals surface area (Å²) in [5.74, 6) is 0. The molecular formula is C6H9ClF3NO. The molecule has 2 nitrogen and oxygen atoms in total. The van der Waals surface area contributed by atoms with Gasteiger partial charge in [-0.2, -0.15) is 18.7 Å². The first-order valence-electron chi connectivity index (χ1n) is 3.13. The van der Waals surface area contributed by atoms with Crippen LogP contribution in [0.1, 0.15) is 6.92 Å². The monoisotopic (exact) mass is 203 g/mol. The smallest absolute Gasteiger partial charge is 0.292 e. The van der Waals surface area contributed by atoms with Crippen molar-refractivity contribution in [1.82, 2.24) is 5.48 Å². The van der Waals surface area contributed by atoms with E-state index in [0.717, 1.165) is 0 Å². The summed E-state index contributed by atoms with van der Waals surface area (Å²) in [7, 11) is 0. The van der Waals surface area contributed by atoms with Gasteiger partial charge in [-0.25, -0.2) is 0 Å². The molecule has 0 spiro atoms. The second-order valence-corrected chi connectivity index (χ2v) is 2.40. The molecule has 1 N–H and O–H groups in total. The standard InChI is InChI=1S/C6H9ClF3NO/c1-5(2-7)3-11-12-4-6(8,9)10/h2,11H,3-4H2,1H3. The Labute approximate surface area is 73.3 Å². The third-order valence-electron chi connectivity index (χ3n) is 0.875. The molecule has 0 aromatic heterocycles. The molecule has 6 heteroatoms. The predicted octanol–water partition coefficient (Wildman–Crippen LogP) is 2.21. The van der Waals surface area contributed by atoms with Gasteiger partial charge in [-0.05, 0) is 12.5 Å². The van der Waals surface area contributed by atoms with Gasteiger partial charge < -0.3 is 0 Å². The molecule has 0 fully saturated rings. The number of hydrogen-bond donors (Lipinski definition) is 1. The molecule has 0 bridgehead atoms. The van der Waals surface area contributed by atoms with Crippen LogP contribution in [0.4, 0.5) is 13.2 Å². The van der Waals surface area contributed by atoms with Crippen LogP contribution >= 0.6 is 11.6 Å². The lowest BCUT2D eigenvalue weighted by Gasteiger charge is -2.07. The molecule has 0 aliphatic carbocycles. The highest BCUT2D eigenvalue weighted by atomic mass is 35.5. The van der Waals surface area contributed by atoms with E-state index in [1.807, 2.05) is 0 Å². The highest BCUT2D eigenvalue weighted by Crippen LogP contribution is 2.13. The fourth-order valence-corrected chi connectivity index (χ4v) is 0.413. The maximum Gasteiger partial charge on any atom is 0.413 e. The minimum absolute atomic E-state index is 0.180. The lowest BCUT2D eigenvalue weighted by molar-refractivity contribution is -0.188. The zero-order chi connectivity index (χ0) is 9.61. The molecule has 0 aromatic rings. The van der Waals surface area contributed by atoms with Gasteiger partial charge in [0, 0.05) is 12.1 Å². The van der Waals surface area contributed by atoms with Gasteiger partial charge in [0.15, 0.2) is 6.61 Å². The number of halogens is 4. The van der Waals surface area contributed by atoms with Gasteiger partial charge in [-0.15, -0.1) is 0 Å². The van der Waals surface area contributed by atoms with Gasteiger partial charge in [-0.1, -0.05) is 11.6 Å². The van der Waals surface area contributed by atoms with Crippen LogP contribution in [0.15, 0.2) is 11.1 Å². The Hall–Kier alpha value is -0.260. The fourth-order valence-electron chi connectivity index (χ4n) is 0.336. The first-order chi connectivity index (χ1) is 5.45. The molecule has 0 aromatic carbocycles. The van der Waals surface area contributed by atoms with Crippen LogP contribution in [0.3, 0.4) is 0 Å². The van der Waals surface area contributed by atoms with E-state index in [4.69, 9.17) is 11.6 Å². The van der Waals surface area contributed by atoms with Crippen molar-refractivity contribution < 1.29 is 18.0 Å². The van der Waals surface area contributed by atoms with E-state index < -0.39 is 12.8 Å². The second-order valence-electron chi connectivity index (χ2n) is 2.18. The summed E-state index contributed by atoms with van der Waals surface area (Å²) in [4.78, 5) is 4.10. The van der Waals surface area contributed by atoms with Crippen molar-refractivity contribution in [1.29, 1.82) is 0 Å². The van der Waals surface area contributed by atoms with Gasteiger partial charge in [-0.3, -0.25) is 4.84 Å². The zero-order valence-corrected chi connectivity index (χ0v) is 7.17. The summed E-state index contributed by atoms with van der Waals surface area (Å²) in [6.07, 6.45) is -4.30. The van der Waals surface area contributed by atoms with Crippen molar-refractivity contribution in [3.05, 3.63) is 11.1 Å². The van der Waals surface area contributed by atoms with Gasteiger partial charge in [0.2, 0.25) is 0 Å². The predicted molar refractivity (Wildman–Crippen MR) is 39.6 cm³/mol. The Balaban J connectivity index is 3.34. The summed E-state index contributed by atoms with van der Waals surface area (Å²) >= 11 is 5.24. The van der Waals surface area contributed by atoms with Gasteiger partial charge in [0.25, 0.3) is 0 Å². The maximum absolute atomic E-state index is 11.5. The van der Waals surface area contributed by atoms with Crippen molar-refractivity contribution in [2.24, 2.45) is 0 Å². The van der Waals surface area contributed by atoms with Crippen molar-refractivity contribution in [2.75, 3.05) is 13.2 Å². The average Bonchev–Trinajstić information content (AvgIpc) is 1.96. The fraction of sp³-hybridized carbons (Fsp3) is 0.667. The Morgan fingerprint density at radius 3 is 2.58 bits per heavy atom. The van der Waals surface area contributed by atoms with Crippen LogP contribution in [0.5, 0.6) is 0 Å². The molecule has 12 heavy (non-hydrogen) atoms. The van der Waals surface area contributed by atoms with Crippen LogP contribution in [0.2, 0.25) is 0 Å². The second kappa shape index (κ2) is 5.40. The molecular weight excluding hydrogens is 195 g/mol. The minimum atomic E-state index is -4.30. The van der Waals surface area contributed by atoms with E-state index in [9.17, 15) is 13.2 Å². The third-order valence-corrected chi connectivity index (χ3v) is 1.25. The van der Waals surface area contributed by atoms with Crippen molar-refractivity contribution in [2.45, 2.75) is 13.1 Å². The highest BCUT2D eigenvalue weighted by molar-refractivity contribution is 6.25. The van der Waals surface area contributed by atoms with Crippen molar-refractivity contribution in [3.63, 3.8) is 0 Å². The number of alkyl halides is 3. The lowest BCUT2D eigenvalue weighted by Crippen LogP contribution is -2.25. The summed E-state index contributed by atoms with van der Waals surface area (Å²) < 4.78 is 34.4. The molecule has 0 amide bonds. The van der Waals surface area contributed by atoms with E-state index in [0.29, 0.717) is 5.57 Å². The minimum Gasteiger partial charge on any atom is -0.292 e. The SMILES string of the molecule is CC(=CCl)CNOCC(F)(F)F. The topological polar surface area (TPSA) is 21.3 Å².